The quantitative estimate of drug-likeness (QED) is 0.866. The predicted molar refractivity (Wildman–Crippen MR) is 64.2 cm³/mol. The summed E-state index contributed by atoms with van der Waals surface area (Å²) in [6, 6.07) is 5.33. The molecule has 4 nitrogen and oxygen atoms in total. The van der Waals surface area contributed by atoms with Gasteiger partial charge in [-0.2, -0.15) is 0 Å². The second-order valence-corrected chi connectivity index (χ2v) is 4.15. The largest absolute Gasteiger partial charge is 0.469 e. The van der Waals surface area contributed by atoms with E-state index in [4.69, 9.17) is 0 Å². The lowest BCUT2D eigenvalue weighted by molar-refractivity contribution is -0.139. The van der Waals surface area contributed by atoms with Gasteiger partial charge in [0.25, 0.3) is 0 Å². The van der Waals surface area contributed by atoms with Gasteiger partial charge in [0.2, 0.25) is 5.91 Å². The van der Waals surface area contributed by atoms with Crippen molar-refractivity contribution in [1.29, 1.82) is 0 Å². The molecule has 0 aliphatic heterocycles. The van der Waals surface area contributed by atoms with Crippen LogP contribution in [0.5, 0.6) is 0 Å². The molecular formula is C11H12BrNO3. The lowest BCUT2D eigenvalue weighted by Crippen LogP contribution is -2.11. The molecule has 0 saturated heterocycles. The number of ether oxygens (including phenoxy) is 1. The highest BCUT2D eigenvalue weighted by Gasteiger charge is 2.09. The van der Waals surface area contributed by atoms with Gasteiger partial charge < -0.3 is 10.1 Å². The molecule has 1 aromatic carbocycles. The summed E-state index contributed by atoms with van der Waals surface area (Å²) in [5.74, 6) is -0.516. The monoisotopic (exact) mass is 285 g/mol. The Bertz CT molecular complexity index is 418. The average Bonchev–Trinajstić information content (AvgIpc) is 2.21. The van der Waals surface area contributed by atoms with Crippen LogP contribution in [0.4, 0.5) is 5.69 Å². The van der Waals surface area contributed by atoms with Crippen molar-refractivity contribution in [3.63, 3.8) is 0 Å². The van der Waals surface area contributed by atoms with Crippen molar-refractivity contribution < 1.29 is 14.3 Å². The van der Waals surface area contributed by atoms with Crippen LogP contribution in [0.3, 0.4) is 0 Å². The number of nitrogens with one attached hydrogen (secondary N) is 1. The van der Waals surface area contributed by atoms with E-state index in [1.807, 2.05) is 6.07 Å². The van der Waals surface area contributed by atoms with Crippen molar-refractivity contribution in [2.24, 2.45) is 0 Å². The molecule has 0 heterocycles. The maximum atomic E-state index is 11.2. The fourth-order valence-electron chi connectivity index (χ4n) is 1.24. The van der Waals surface area contributed by atoms with Gasteiger partial charge in [-0.05, 0) is 17.7 Å². The lowest BCUT2D eigenvalue weighted by atomic mass is 10.1. The molecule has 0 aliphatic carbocycles. The SMILES string of the molecule is COC(=O)Cc1ccc(Br)cc1NC(C)=O. The summed E-state index contributed by atoms with van der Waals surface area (Å²) in [6.45, 7) is 1.42. The van der Waals surface area contributed by atoms with Gasteiger partial charge in [-0.3, -0.25) is 9.59 Å². The summed E-state index contributed by atoms with van der Waals surface area (Å²) < 4.78 is 5.42. The number of amides is 1. The van der Waals surface area contributed by atoms with E-state index in [2.05, 4.69) is 26.0 Å². The summed E-state index contributed by atoms with van der Waals surface area (Å²) in [5, 5.41) is 2.67. The van der Waals surface area contributed by atoms with Gasteiger partial charge in [-0.25, -0.2) is 0 Å². The zero-order chi connectivity index (χ0) is 12.1. The second kappa shape index (κ2) is 5.65. The molecular weight excluding hydrogens is 274 g/mol. The van der Waals surface area contributed by atoms with Crippen LogP contribution < -0.4 is 5.32 Å². The Balaban J connectivity index is 2.97. The number of carbonyl (C=O) groups is 2. The van der Waals surface area contributed by atoms with Crippen LogP contribution in [0.15, 0.2) is 22.7 Å². The molecule has 1 aromatic rings. The Labute approximate surface area is 102 Å². The molecule has 1 N–H and O–H groups in total. The van der Waals surface area contributed by atoms with Gasteiger partial charge in [0.05, 0.1) is 13.5 Å². The van der Waals surface area contributed by atoms with Gasteiger partial charge in [-0.1, -0.05) is 22.0 Å². The smallest absolute Gasteiger partial charge is 0.310 e. The minimum Gasteiger partial charge on any atom is -0.469 e. The van der Waals surface area contributed by atoms with Crippen LogP contribution in [0.1, 0.15) is 12.5 Å². The number of hydrogen-bond donors (Lipinski definition) is 1. The number of hydrogen-bond acceptors (Lipinski definition) is 3. The predicted octanol–water partition coefficient (Wildman–Crippen LogP) is 2.12. The number of carbonyl (C=O) groups excluding carboxylic acids is 2. The van der Waals surface area contributed by atoms with E-state index in [1.54, 1.807) is 12.1 Å². The van der Waals surface area contributed by atoms with Gasteiger partial charge in [0, 0.05) is 17.1 Å². The van der Waals surface area contributed by atoms with E-state index in [0.717, 1.165) is 10.0 Å². The molecule has 0 aromatic heterocycles. The zero-order valence-corrected chi connectivity index (χ0v) is 10.6. The van der Waals surface area contributed by atoms with Crippen LogP contribution in [0.2, 0.25) is 0 Å². The molecule has 0 spiro atoms. The Morgan fingerprint density at radius 1 is 1.44 bits per heavy atom. The molecule has 0 aliphatic rings. The first-order valence-corrected chi connectivity index (χ1v) is 5.45. The minimum absolute atomic E-state index is 0.138. The van der Waals surface area contributed by atoms with Crippen LogP contribution in [-0.4, -0.2) is 19.0 Å². The summed E-state index contributed by atoms with van der Waals surface area (Å²) >= 11 is 3.30. The van der Waals surface area contributed by atoms with Crippen LogP contribution in [-0.2, 0) is 20.7 Å². The number of rotatable bonds is 3. The first-order valence-electron chi connectivity index (χ1n) is 4.65. The minimum atomic E-state index is -0.339. The van der Waals surface area contributed by atoms with Crippen molar-refractivity contribution in [3.05, 3.63) is 28.2 Å². The molecule has 5 heteroatoms. The molecule has 0 radical (unpaired) electrons. The molecule has 0 saturated carbocycles. The summed E-state index contributed by atoms with van der Waals surface area (Å²) in [5.41, 5.74) is 1.34. The molecule has 0 fully saturated rings. The van der Waals surface area contributed by atoms with Crippen molar-refractivity contribution in [2.45, 2.75) is 13.3 Å². The maximum Gasteiger partial charge on any atom is 0.310 e. The highest BCUT2D eigenvalue weighted by Crippen LogP contribution is 2.22. The van der Waals surface area contributed by atoms with E-state index < -0.39 is 0 Å². The molecule has 86 valence electrons. The van der Waals surface area contributed by atoms with Crippen molar-refractivity contribution in [3.8, 4) is 0 Å². The molecule has 0 bridgehead atoms. The van der Waals surface area contributed by atoms with Gasteiger partial charge >= 0.3 is 5.97 Å². The third kappa shape index (κ3) is 3.66. The lowest BCUT2D eigenvalue weighted by Gasteiger charge is -2.09. The van der Waals surface area contributed by atoms with E-state index >= 15 is 0 Å². The Morgan fingerprint density at radius 3 is 2.69 bits per heavy atom. The van der Waals surface area contributed by atoms with Crippen LogP contribution in [0.25, 0.3) is 0 Å². The Kier molecular flexibility index (Phi) is 4.49. The van der Waals surface area contributed by atoms with Gasteiger partial charge in [-0.15, -0.1) is 0 Å². The third-order valence-corrected chi connectivity index (χ3v) is 2.44. The number of methoxy groups -OCH3 is 1. The average molecular weight is 286 g/mol. The van der Waals surface area contributed by atoms with E-state index in [0.29, 0.717) is 5.69 Å². The fourth-order valence-corrected chi connectivity index (χ4v) is 1.60. The standard InChI is InChI=1S/C11H12BrNO3/c1-7(14)13-10-6-9(12)4-3-8(10)5-11(15)16-2/h3-4,6H,5H2,1-2H3,(H,13,14). The molecule has 1 rings (SSSR count). The molecule has 1 amide bonds. The number of benzene rings is 1. The number of anilines is 1. The van der Waals surface area contributed by atoms with Crippen molar-refractivity contribution in [1.82, 2.24) is 0 Å². The third-order valence-electron chi connectivity index (χ3n) is 1.95. The number of esters is 1. The molecule has 0 unspecified atom stereocenters. The van der Waals surface area contributed by atoms with E-state index in [1.165, 1.54) is 14.0 Å². The van der Waals surface area contributed by atoms with Crippen LogP contribution in [0, 0.1) is 0 Å². The second-order valence-electron chi connectivity index (χ2n) is 3.24. The fraction of sp³-hybridized carbons (Fsp3) is 0.273. The molecule has 0 atom stereocenters. The normalized spacial score (nSPS) is 9.69. The zero-order valence-electron chi connectivity index (χ0n) is 9.04. The Morgan fingerprint density at radius 2 is 2.12 bits per heavy atom. The molecule has 16 heavy (non-hydrogen) atoms. The van der Waals surface area contributed by atoms with Gasteiger partial charge in [0.1, 0.15) is 0 Å². The Hall–Kier alpha value is -1.36. The topological polar surface area (TPSA) is 55.4 Å². The van der Waals surface area contributed by atoms with E-state index in [9.17, 15) is 9.59 Å². The first kappa shape index (κ1) is 12.7. The number of halogens is 1. The highest BCUT2D eigenvalue weighted by atomic mass is 79.9. The summed E-state index contributed by atoms with van der Waals surface area (Å²) in [7, 11) is 1.33. The first-order chi connectivity index (χ1) is 7.52. The van der Waals surface area contributed by atoms with Crippen LogP contribution >= 0.6 is 15.9 Å². The summed E-state index contributed by atoms with van der Waals surface area (Å²) in [4.78, 5) is 22.1. The van der Waals surface area contributed by atoms with Gasteiger partial charge in [0.15, 0.2) is 0 Å². The summed E-state index contributed by atoms with van der Waals surface area (Å²) in [6.07, 6.45) is 0.138. The highest BCUT2D eigenvalue weighted by molar-refractivity contribution is 9.10. The van der Waals surface area contributed by atoms with Crippen molar-refractivity contribution in [2.75, 3.05) is 12.4 Å². The maximum absolute atomic E-state index is 11.2. The van der Waals surface area contributed by atoms with Crippen molar-refractivity contribution >= 4 is 33.5 Å². The van der Waals surface area contributed by atoms with E-state index in [-0.39, 0.29) is 18.3 Å².